The van der Waals surface area contributed by atoms with Crippen molar-refractivity contribution in [2.75, 3.05) is 47.5 Å². The van der Waals surface area contributed by atoms with Crippen molar-refractivity contribution >= 4 is 17.9 Å². The molecule has 0 heterocycles. The minimum absolute atomic E-state index is 0.122. The maximum atomic E-state index is 12.6. The normalized spacial score (nSPS) is 13.7. The molecule has 2 unspecified atom stereocenters. The molecule has 0 fully saturated rings. The lowest BCUT2D eigenvalue weighted by Crippen LogP contribution is -2.44. The number of rotatable bonds is 33. The zero-order valence-corrected chi connectivity index (χ0v) is 32.0. The number of likely N-dealkylation sites (N-methyl/N-ethyl adjacent to an activating group) is 1. The summed E-state index contributed by atoms with van der Waals surface area (Å²) in [6.45, 7) is 4.46. The van der Waals surface area contributed by atoms with E-state index in [-0.39, 0.29) is 32.7 Å². The molecule has 0 aliphatic carbocycles. The maximum absolute atomic E-state index is 12.6. The predicted molar refractivity (Wildman–Crippen MR) is 200 cm³/mol. The van der Waals surface area contributed by atoms with Crippen LogP contribution in [0, 0.1) is 0 Å². The number of nitrogens with zero attached hydrogens (tertiary/aromatic N) is 1. The highest BCUT2D eigenvalue weighted by Gasteiger charge is 2.21. The van der Waals surface area contributed by atoms with Gasteiger partial charge in [-0.1, -0.05) is 107 Å². The zero-order valence-electron chi connectivity index (χ0n) is 32.0. The first kappa shape index (κ1) is 47.0. The molecule has 9 heteroatoms. The van der Waals surface area contributed by atoms with E-state index in [1.165, 1.54) is 19.3 Å². The molecule has 0 aromatic rings. The molecule has 0 radical (unpaired) electrons. The van der Waals surface area contributed by atoms with Crippen molar-refractivity contribution in [2.24, 2.45) is 0 Å². The number of esters is 2. The van der Waals surface area contributed by atoms with Gasteiger partial charge in [-0.25, -0.2) is 0 Å². The Bertz CT molecular complexity index is 1010. The molecule has 0 aliphatic rings. The Morgan fingerprint density at radius 3 is 1.78 bits per heavy atom. The Morgan fingerprint density at radius 2 is 1.18 bits per heavy atom. The van der Waals surface area contributed by atoms with Gasteiger partial charge in [-0.05, 0) is 64.2 Å². The summed E-state index contributed by atoms with van der Waals surface area (Å²) in [7, 11) is 5.86. The molecule has 50 heavy (non-hydrogen) atoms. The number of hydrogen-bond donors (Lipinski definition) is 0. The number of allylic oxidation sites excluding steroid dienone is 10. The fourth-order valence-corrected chi connectivity index (χ4v) is 4.54. The van der Waals surface area contributed by atoms with E-state index in [9.17, 15) is 19.5 Å². The Hall–Kier alpha value is -3.01. The Kier molecular flexibility index (Phi) is 31.2. The van der Waals surface area contributed by atoms with Crippen molar-refractivity contribution in [3.05, 3.63) is 60.8 Å². The van der Waals surface area contributed by atoms with Crippen LogP contribution in [-0.4, -0.2) is 82.3 Å². The van der Waals surface area contributed by atoms with Crippen LogP contribution in [-0.2, 0) is 33.3 Å². The Morgan fingerprint density at radius 1 is 0.620 bits per heavy atom. The van der Waals surface area contributed by atoms with E-state index in [2.05, 4.69) is 62.5 Å². The van der Waals surface area contributed by atoms with Gasteiger partial charge in [0.1, 0.15) is 13.2 Å². The number of ether oxygens (including phenoxy) is 4. The van der Waals surface area contributed by atoms with Gasteiger partial charge in [0, 0.05) is 12.8 Å². The van der Waals surface area contributed by atoms with E-state index >= 15 is 0 Å². The second-order valence-corrected chi connectivity index (χ2v) is 13.5. The first-order chi connectivity index (χ1) is 24.1. The zero-order chi connectivity index (χ0) is 37.1. The summed E-state index contributed by atoms with van der Waals surface area (Å²) in [6, 6.07) is 0. The average Bonchev–Trinajstić information content (AvgIpc) is 3.06. The van der Waals surface area contributed by atoms with Gasteiger partial charge in [-0.15, -0.1) is 0 Å². The fraction of sp³-hybridized carbons (Fsp3) is 0.683. The molecule has 0 N–H and O–H groups in total. The number of carbonyl (C=O) groups is 3. The van der Waals surface area contributed by atoms with E-state index in [1.807, 2.05) is 33.3 Å². The molecule has 0 saturated carbocycles. The summed E-state index contributed by atoms with van der Waals surface area (Å²) < 4.78 is 22.3. The van der Waals surface area contributed by atoms with Crippen LogP contribution < -0.4 is 5.11 Å². The summed E-state index contributed by atoms with van der Waals surface area (Å²) in [5.41, 5.74) is 0. The maximum Gasteiger partial charge on any atom is 0.306 e. The molecule has 0 amide bonds. The Labute approximate surface area is 304 Å². The molecule has 0 aliphatic heterocycles. The molecule has 0 aromatic carbocycles. The van der Waals surface area contributed by atoms with E-state index in [0.717, 1.165) is 64.2 Å². The Balaban J connectivity index is 4.69. The van der Waals surface area contributed by atoms with Crippen LogP contribution in [0.25, 0.3) is 0 Å². The second-order valence-electron chi connectivity index (χ2n) is 13.5. The highest BCUT2D eigenvalue weighted by atomic mass is 16.7. The smallest absolute Gasteiger partial charge is 0.306 e. The number of aliphatic carboxylic acids is 1. The van der Waals surface area contributed by atoms with Gasteiger partial charge >= 0.3 is 11.9 Å². The standard InChI is InChI=1S/C41H69NO8/c1-6-8-10-12-14-16-18-20-22-24-26-28-30-32-39(44)50-37(36-49-41(40(45)46)47-34-33-42(3,4)5)35-48-38(43)31-29-27-25-23-21-19-17-15-13-11-9-7-2/h8,10,14-17,20,22,26,28,37,41H,6-7,9,11-13,18-19,21,23-25,27,29-36H2,1-5H3/b10-8-,16-14-,17-15-,22-20-,28-26-. The molecular weight excluding hydrogens is 634 g/mol. The van der Waals surface area contributed by atoms with Gasteiger partial charge < -0.3 is 33.3 Å². The topological polar surface area (TPSA) is 111 Å². The SMILES string of the molecule is CC/C=C\C/C=C\C/C=C\C/C=C\CCC(=O)OC(COC(=O)CCCCCCC/C=C\CCCCC)COC(OCC[N+](C)(C)C)C(=O)[O-]. The quantitative estimate of drug-likeness (QED) is 0.0225. The van der Waals surface area contributed by atoms with Crippen molar-refractivity contribution in [3.8, 4) is 0 Å². The minimum Gasteiger partial charge on any atom is -0.545 e. The van der Waals surface area contributed by atoms with Gasteiger partial charge in [0.05, 0.1) is 40.3 Å². The third-order valence-electron chi connectivity index (χ3n) is 7.51. The van der Waals surface area contributed by atoms with E-state index in [0.29, 0.717) is 23.9 Å². The van der Waals surface area contributed by atoms with Gasteiger partial charge in [0.2, 0.25) is 0 Å². The number of carbonyl (C=O) groups excluding carboxylic acids is 3. The predicted octanol–water partition coefficient (Wildman–Crippen LogP) is 7.71. The van der Waals surface area contributed by atoms with Crippen molar-refractivity contribution < 1.29 is 42.9 Å². The van der Waals surface area contributed by atoms with Crippen LogP contribution in [0.4, 0.5) is 0 Å². The molecular formula is C41H69NO8. The lowest BCUT2D eigenvalue weighted by Gasteiger charge is -2.26. The fourth-order valence-electron chi connectivity index (χ4n) is 4.54. The van der Waals surface area contributed by atoms with Gasteiger partial charge in [0.25, 0.3) is 0 Å². The lowest BCUT2D eigenvalue weighted by molar-refractivity contribution is -0.870. The summed E-state index contributed by atoms with van der Waals surface area (Å²) in [6.07, 6.45) is 34.2. The number of unbranched alkanes of at least 4 members (excludes halogenated alkanes) is 8. The van der Waals surface area contributed by atoms with Crippen LogP contribution in [0.3, 0.4) is 0 Å². The molecule has 0 aromatic heterocycles. The number of carboxylic acids is 1. The first-order valence-corrected chi connectivity index (χ1v) is 18.9. The third kappa shape index (κ3) is 33.5. The molecule has 0 spiro atoms. The van der Waals surface area contributed by atoms with Crippen LogP contribution in [0.2, 0.25) is 0 Å². The van der Waals surface area contributed by atoms with Crippen LogP contribution in [0.15, 0.2) is 60.8 Å². The molecule has 0 bridgehead atoms. The van der Waals surface area contributed by atoms with Crippen molar-refractivity contribution in [1.82, 2.24) is 0 Å². The summed E-state index contributed by atoms with van der Waals surface area (Å²) in [4.78, 5) is 36.7. The van der Waals surface area contributed by atoms with Gasteiger partial charge in [-0.2, -0.15) is 0 Å². The van der Waals surface area contributed by atoms with Crippen molar-refractivity contribution in [2.45, 2.75) is 135 Å². The monoisotopic (exact) mass is 704 g/mol. The molecule has 9 nitrogen and oxygen atoms in total. The molecule has 0 saturated heterocycles. The third-order valence-corrected chi connectivity index (χ3v) is 7.51. The first-order valence-electron chi connectivity index (χ1n) is 18.9. The van der Waals surface area contributed by atoms with E-state index < -0.39 is 30.3 Å². The summed E-state index contributed by atoms with van der Waals surface area (Å²) in [5.74, 6) is -2.42. The van der Waals surface area contributed by atoms with Crippen molar-refractivity contribution in [1.29, 1.82) is 0 Å². The molecule has 0 rings (SSSR count). The highest BCUT2D eigenvalue weighted by molar-refractivity contribution is 5.70. The highest BCUT2D eigenvalue weighted by Crippen LogP contribution is 2.10. The van der Waals surface area contributed by atoms with Crippen LogP contribution >= 0.6 is 0 Å². The number of hydrogen-bond acceptors (Lipinski definition) is 8. The summed E-state index contributed by atoms with van der Waals surface area (Å²) in [5, 5.41) is 11.6. The van der Waals surface area contributed by atoms with Crippen LogP contribution in [0.5, 0.6) is 0 Å². The number of carboxylic acid groups (broad SMARTS) is 1. The van der Waals surface area contributed by atoms with Gasteiger partial charge in [-0.3, -0.25) is 9.59 Å². The number of quaternary nitrogens is 1. The largest absolute Gasteiger partial charge is 0.545 e. The average molecular weight is 704 g/mol. The lowest BCUT2D eigenvalue weighted by atomic mass is 10.1. The van der Waals surface area contributed by atoms with E-state index in [1.54, 1.807) is 0 Å². The minimum atomic E-state index is -1.64. The van der Waals surface area contributed by atoms with Crippen molar-refractivity contribution in [3.63, 3.8) is 0 Å². The second kappa shape index (κ2) is 33.2. The summed E-state index contributed by atoms with van der Waals surface area (Å²) >= 11 is 0. The van der Waals surface area contributed by atoms with Crippen LogP contribution in [0.1, 0.15) is 123 Å². The molecule has 286 valence electrons. The van der Waals surface area contributed by atoms with E-state index in [4.69, 9.17) is 18.9 Å². The van der Waals surface area contributed by atoms with Gasteiger partial charge in [0.15, 0.2) is 12.4 Å². The molecule has 2 atom stereocenters.